The van der Waals surface area contributed by atoms with Crippen LogP contribution in [-0.4, -0.2) is 19.0 Å². The van der Waals surface area contributed by atoms with Crippen molar-refractivity contribution >= 4 is 11.6 Å². The summed E-state index contributed by atoms with van der Waals surface area (Å²) in [7, 11) is 0. The fourth-order valence-electron chi connectivity index (χ4n) is 3.90. The van der Waals surface area contributed by atoms with Gasteiger partial charge in [-0.25, -0.2) is 0 Å². The molecular weight excluding hydrogens is 463 g/mol. The molecule has 0 fully saturated rings. The number of nitrogens with zero attached hydrogens (tertiary/aromatic N) is 2. The van der Waals surface area contributed by atoms with Crippen molar-refractivity contribution in [3.8, 4) is 6.07 Å². The second-order valence-electron chi connectivity index (χ2n) is 9.68. The van der Waals surface area contributed by atoms with Crippen LogP contribution in [0, 0.1) is 11.3 Å². The highest BCUT2D eigenvalue weighted by Gasteiger charge is 2.30. The molecule has 188 valence electrons. The van der Waals surface area contributed by atoms with E-state index in [1.54, 1.807) is 24.3 Å². The van der Waals surface area contributed by atoms with Crippen LogP contribution in [0.3, 0.4) is 0 Å². The van der Waals surface area contributed by atoms with Gasteiger partial charge in [-0.15, -0.1) is 0 Å². The Labute approximate surface area is 210 Å². The molecule has 0 heterocycles. The maximum atomic E-state index is 13.0. The molecular formula is C29H30F3N3O. The van der Waals surface area contributed by atoms with E-state index in [0.717, 1.165) is 17.7 Å². The van der Waals surface area contributed by atoms with E-state index in [9.17, 15) is 23.2 Å². The number of para-hydroxylation sites is 1. The molecule has 0 aliphatic carbocycles. The highest BCUT2D eigenvalue weighted by atomic mass is 19.4. The van der Waals surface area contributed by atoms with Crippen molar-refractivity contribution < 1.29 is 18.0 Å². The molecule has 0 aliphatic heterocycles. The van der Waals surface area contributed by atoms with E-state index in [4.69, 9.17) is 0 Å². The normalized spacial score (nSPS) is 11.6. The van der Waals surface area contributed by atoms with Crippen LogP contribution in [0.25, 0.3) is 0 Å². The summed E-state index contributed by atoms with van der Waals surface area (Å²) in [6.45, 7) is 7.16. The summed E-state index contributed by atoms with van der Waals surface area (Å²) in [5.41, 5.74) is 3.06. The highest BCUT2D eigenvalue weighted by molar-refractivity contribution is 5.99. The summed E-state index contributed by atoms with van der Waals surface area (Å²) in [6, 6.07) is 22.5. The molecule has 0 aliphatic rings. The lowest BCUT2D eigenvalue weighted by Gasteiger charge is -2.25. The fraction of sp³-hybridized carbons (Fsp3) is 0.310. The predicted molar refractivity (Wildman–Crippen MR) is 136 cm³/mol. The number of anilines is 1. The minimum atomic E-state index is -4.41. The van der Waals surface area contributed by atoms with Gasteiger partial charge in [-0.2, -0.15) is 18.4 Å². The van der Waals surface area contributed by atoms with Gasteiger partial charge in [-0.1, -0.05) is 75.4 Å². The van der Waals surface area contributed by atoms with E-state index >= 15 is 0 Å². The van der Waals surface area contributed by atoms with Crippen molar-refractivity contribution in [2.75, 3.05) is 18.0 Å². The zero-order chi connectivity index (χ0) is 26.3. The molecule has 3 aromatic rings. The molecule has 1 N–H and O–H groups in total. The number of amides is 1. The summed E-state index contributed by atoms with van der Waals surface area (Å²) in [6.07, 6.45) is -4.14. The maximum Gasteiger partial charge on any atom is 0.416 e. The predicted octanol–water partition coefficient (Wildman–Crippen LogP) is 6.51. The Kier molecular flexibility index (Phi) is 8.41. The highest BCUT2D eigenvalue weighted by Crippen LogP contribution is 2.30. The van der Waals surface area contributed by atoms with Gasteiger partial charge >= 0.3 is 6.18 Å². The first-order chi connectivity index (χ1) is 17.0. The molecule has 0 radical (unpaired) electrons. The molecule has 3 rings (SSSR count). The van der Waals surface area contributed by atoms with Crippen molar-refractivity contribution in [2.24, 2.45) is 0 Å². The summed E-state index contributed by atoms with van der Waals surface area (Å²) in [4.78, 5) is 14.8. The quantitative estimate of drug-likeness (QED) is 0.364. The van der Waals surface area contributed by atoms with Crippen LogP contribution in [0.15, 0.2) is 72.8 Å². The number of carbonyl (C=O) groups excluding carboxylic acids is 1. The summed E-state index contributed by atoms with van der Waals surface area (Å²) in [5, 5.41) is 12.2. The van der Waals surface area contributed by atoms with Gasteiger partial charge in [-0.3, -0.25) is 4.79 Å². The van der Waals surface area contributed by atoms with Gasteiger partial charge in [0.1, 0.15) is 6.54 Å². The number of benzene rings is 3. The molecule has 0 unspecified atom stereocenters. The largest absolute Gasteiger partial charge is 0.416 e. The maximum absolute atomic E-state index is 13.0. The van der Waals surface area contributed by atoms with Crippen LogP contribution >= 0.6 is 0 Å². The van der Waals surface area contributed by atoms with Crippen molar-refractivity contribution in [1.82, 2.24) is 5.32 Å². The molecule has 7 heteroatoms. The van der Waals surface area contributed by atoms with Gasteiger partial charge in [0.15, 0.2) is 0 Å². The summed E-state index contributed by atoms with van der Waals surface area (Å²) >= 11 is 0. The Morgan fingerprint density at radius 3 is 2.25 bits per heavy atom. The molecule has 0 saturated carbocycles. The van der Waals surface area contributed by atoms with Crippen molar-refractivity contribution in [2.45, 2.75) is 45.3 Å². The lowest BCUT2D eigenvalue weighted by atomic mass is 9.87. The average molecular weight is 494 g/mol. The SMILES string of the molecule is CC(C)(C)c1ccc(CN(CC#N)c2ccccc2C(=O)NCCc2cccc(C(F)(F)F)c2)cc1. The van der Waals surface area contributed by atoms with Crippen LogP contribution in [0.1, 0.15) is 53.4 Å². The first-order valence-electron chi connectivity index (χ1n) is 11.7. The minimum Gasteiger partial charge on any atom is -0.353 e. The number of hydrogen-bond donors (Lipinski definition) is 1. The lowest BCUT2D eigenvalue weighted by molar-refractivity contribution is -0.137. The molecule has 0 aromatic heterocycles. The number of nitrogens with one attached hydrogen (secondary N) is 1. The number of hydrogen-bond acceptors (Lipinski definition) is 3. The van der Waals surface area contributed by atoms with Gasteiger partial charge in [0.05, 0.1) is 22.9 Å². The van der Waals surface area contributed by atoms with E-state index < -0.39 is 11.7 Å². The van der Waals surface area contributed by atoms with E-state index in [1.165, 1.54) is 11.6 Å². The Morgan fingerprint density at radius 1 is 0.917 bits per heavy atom. The number of alkyl halides is 3. The Hall–Kier alpha value is -3.79. The van der Waals surface area contributed by atoms with Gasteiger partial charge < -0.3 is 10.2 Å². The second-order valence-corrected chi connectivity index (χ2v) is 9.68. The van der Waals surface area contributed by atoms with Crippen molar-refractivity contribution in [3.63, 3.8) is 0 Å². The molecule has 36 heavy (non-hydrogen) atoms. The Morgan fingerprint density at radius 2 is 1.61 bits per heavy atom. The molecule has 0 spiro atoms. The zero-order valence-corrected chi connectivity index (χ0v) is 20.7. The van der Waals surface area contributed by atoms with Gasteiger partial charge in [-0.05, 0) is 46.7 Å². The average Bonchev–Trinajstić information content (AvgIpc) is 2.83. The van der Waals surface area contributed by atoms with Crippen molar-refractivity contribution in [3.05, 3.63) is 101 Å². The van der Waals surface area contributed by atoms with E-state index in [2.05, 4.69) is 44.3 Å². The fourth-order valence-corrected chi connectivity index (χ4v) is 3.90. The summed E-state index contributed by atoms with van der Waals surface area (Å²) < 4.78 is 38.9. The standard InChI is InChI=1S/C29H30F3N3O/c1-28(2,3)23-13-11-22(12-14-23)20-35(18-16-33)26-10-5-4-9-25(26)27(36)34-17-15-21-7-6-8-24(19-21)29(30,31)32/h4-14,19H,15,17-18,20H2,1-3H3,(H,34,36). The molecule has 0 saturated heterocycles. The number of halogens is 3. The zero-order valence-electron chi connectivity index (χ0n) is 20.7. The molecule has 4 nitrogen and oxygen atoms in total. The van der Waals surface area contributed by atoms with Gasteiger partial charge in [0.2, 0.25) is 0 Å². The summed E-state index contributed by atoms with van der Waals surface area (Å²) in [5.74, 6) is -0.344. The van der Waals surface area contributed by atoms with Crippen LogP contribution in [0.2, 0.25) is 0 Å². The first-order valence-corrected chi connectivity index (χ1v) is 11.7. The van der Waals surface area contributed by atoms with E-state index in [0.29, 0.717) is 23.4 Å². The number of nitriles is 1. The molecule has 1 amide bonds. The molecule has 3 aromatic carbocycles. The number of carbonyl (C=O) groups is 1. The Balaban J connectivity index is 1.72. The third-order valence-electron chi connectivity index (χ3n) is 5.90. The van der Waals surface area contributed by atoms with Gasteiger partial charge in [0.25, 0.3) is 5.91 Å². The topological polar surface area (TPSA) is 56.1 Å². The molecule has 0 bridgehead atoms. The van der Waals surface area contributed by atoms with Crippen LogP contribution in [-0.2, 0) is 24.6 Å². The van der Waals surface area contributed by atoms with Crippen LogP contribution < -0.4 is 10.2 Å². The second kappa shape index (κ2) is 11.3. The monoisotopic (exact) mass is 493 g/mol. The first kappa shape index (κ1) is 26.8. The smallest absolute Gasteiger partial charge is 0.353 e. The van der Waals surface area contributed by atoms with Crippen molar-refractivity contribution in [1.29, 1.82) is 5.26 Å². The van der Waals surface area contributed by atoms with E-state index in [1.807, 2.05) is 23.1 Å². The molecule has 0 atom stereocenters. The Bertz CT molecular complexity index is 1220. The third-order valence-corrected chi connectivity index (χ3v) is 5.90. The van der Waals surface area contributed by atoms with Crippen LogP contribution in [0.4, 0.5) is 18.9 Å². The minimum absolute atomic E-state index is 0.0314. The third kappa shape index (κ3) is 7.11. The van der Waals surface area contributed by atoms with Gasteiger partial charge in [0, 0.05) is 13.1 Å². The lowest BCUT2D eigenvalue weighted by Crippen LogP contribution is -2.30. The van der Waals surface area contributed by atoms with Crippen LogP contribution in [0.5, 0.6) is 0 Å². The van der Waals surface area contributed by atoms with E-state index in [-0.39, 0.29) is 30.8 Å². The number of rotatable bonds is 8.